The van der Waals surface area contributed by atoms with Crippen molar-refractivity contribution in [3.63, 3.8) is 0 Å². The van der Waals surface area contributed by atoms with Gasteiger partial charge >= 0.3 is 12.1 Å². The van der Waals surface area contributed by atoms with Crippen molar-refractivity contribution in [2.24, 2.45) is 5.92 Å². The average molecular weight is 930 g/mol. The van der Waals surface area contributed by atoms with E-state index in [0.29, 0.717) is 41.1 Å². The van der Waals surface area contributed by atoms with Gasteiger partial charge in [0.15, 0.2) is 0 Å². The molecule has 0 radical (unpaired) electrons. The molecule has 15 nitrogen and oxygen atoms in total. The summed E-state index contributed by atoms with van der Waals surface area (Å²) in [5.74, 6) is 0.276. The van der Waals surface area contributed by atoms with Gasteiger partial charge in [-0.25, -0.2) is 18.0 Å². The second kappa shape index (κ2) is 21.8. The maximum absolute atomic E-state index is 13.7. The van der Waals surface area contributed by atoms with E-state index in [9.17, 15) is 33.0 Å². The van der Waals surface area contributed by atoms with Crippen molar-refractivity contribution >= 4 is 33.0 Å². The topological polar surface area (TPSA) is 200 Å². The number of fused-ring (bicyclic) bond motifs is 4. The van der Waals surface area contributed by atoms with Crippen LogP contribution < -0.4 is 20.9 Å². The molecule has 2 bridgehead atoms. The van der Waals surface area contributed by atoms with Crippen LogP contribution in [0.2, 0.25) is 0 Å². The molecule has 1 amide bonds. The number of H-pyrrole nitrogens is 1. The Bertz CT molecular complexity index is 2790. The minimum absolute atomic E-state index is 0.0875. The van der Waals surface area contributed by atoms with Crippen LogP contribution in [0.15, 0.2) is 143 Å². The van der Waals surface area contributed by atoms with Crippen molar-refractivity contribution in [2.45, 2.75) is 49.0 Å². The van der Waals surface area contributed by atoms with E-state index in [1.807, 2.05) is 54.6 Å². The van der Waals surface area contributed by atoms with E-state index >= 15 is 0 Å². The lowest BCUT2D eigenvalue weighted by molar-refractivity contribution is -0.0336. The molecule has 67 heavy (non-hydrogen) atoms. The molecular weight excluding hydrogens is 875 g/mol. The number of rotatable bonds is 20. The fourth-order valence-corrected chi connectivity index (χ4v) is 10.2. The van der Waals surface area contributed by atoms with Crippen LogP contribution in [0.3, 0.4) is 0 Å². The Balaban J connectivity index is 0.829. The Morgan fingerprint density at radius 1 is 0.851 bits per heavy atom. The monoisotopic (exact) mass is 929 g/mol. The summed E-state index contributed by atoms with van der Waals surface area (Å²) in [7, 11) is -3.94. The first kappa shape index (κ1) is 47.0. The summed E-state index contributed by atoms with van der Waals surface area (Å²) in [6.07, 6.45) is 0.923. The number of piperidine rings is 3. The Kier molecular flexibility index (Phi) is 15.3. The molecule has 3 aliphatic rings. The summed E-state index contributed by atoms with van der Waals surface area (Å²) in [5.41, 5.74) is 3.19. The van der Waals surface area contributed by atoms with Crippen molar-refractivity contribution in [3.8, 4) is 11.5 Å². The van der Waals surface area contributed by atoms with E-state index < -0.39 is 34.2 Å². The number of carbonyl (C=O) groups is 2. The van der Waals surface area contributed by atoms with E-state index in [0.717, 1.165) is 49.2 Å². The van der Waals surface area contributed by atoms with E-state index in [1.54, 1.807) is 54.6 Å². The molecule has 350 valence electrons. The number of nitrogens with one attached hydrogen (secondary N) is 3. The van der Waals surface area contributed by atoms with Crippen molar-refractivity contribution in [1.82, 2.24) is 24.8 Å². The van der Waals surface area contributed by atoms with Gasteiger partial charge in [0.1, 0.15) is 30.8 Å². The highest BCUT2D eigenvalue weighted by Gasteiger charge is 2.37. The van der Waals surface area contributed by atoms with Crippen LogP contribution in [0.25, 0.3) is 10.9 Å². The first-order valence-electron chi connectivity index (χ1n) is 22.5. The number of aromatic nitrogens is 1. The number of nitrogens with zero attached hydrogens (tertiary/aromatic N) is 2. The highest BCUT2D eigenvalue weighted by Crippen LogP contribution is 2.32. The zero-order valence-electron chi connectivity index (χ0n) is 37.0. The van der Waals surface area contributed by atoms with Crippen LogP contribution in [-0.2, 0) is 26.1 Å². The van der Waals surface area contributed by atoms with Crippen LogP contribution >= 0.6 is 0 Å². The molecule has 3 fully saturated rings. The van der Waals surface area contributed by atoms with Gasteiger partial charge in [0, 0.05) is 37.6 Å². The fourth-order valence-electron chi connectivity index (χ4n) is 8.72. The second-order valence-corrected chi connectivity index (χ2v) is 18.8. The van der Waals surface area contributed by atoms with Crippen LogP contribution in [0, 0.1) is 5.92 Å². The lowest BCUT2D eigenvalue weighted by Gasteiger charge is -2.43. The van der Waals surface area contributed by atoms with E-state index in [-0.39, 0.29) is 60.7 Å². The number of sulfonamides is 1. The zero-order valence-corrected chi connectivity index (χ0v) is 37.8. The summed E-state index contributed by atoms with van der Waals surface area (Å²) >= 11 is 0. The van der Waals surface area contributed by atoms with Gasteiger partial charge in [-0.1, -0.05) is 78.9 Å². The maximum atomic E-state index is 13.7. The first-order valence-corrected chi connectivity index (χ1v) is 24.0. The molecule has 0 saturated carbocycles. The SMILES string of the molecule is O=C(NC(c1ccccc1)c1cccc(OCc2ccc(C(=O)OCCN(CCCNCC(O)c3ccc(O)c4[nH]c(=O)ccc34)S(=O)(=O)c3ccccc3)cc2)c1)O[C@H]1CN2CCC1CC2. The van der Waals surface area contributed by atoms with Gasteiger partial charge < -0.3 is 40.0 Å². The molecule has 3 aliphatic heterocycles. The van der Waals surface area contributed by atoms with Gasteiger partial charge in [-0.2, -0.15) is 4.31 Å². The lowest BCUT2D eigenvalue weighted by atomic mass is 9.86. The quantitative estimate of drug-likeness (QED) is 0.0425. The smallest absolute Gasteiger partial charge is 0.408 e. The number of alkyl carbamates (subject to hydrolysis) is 1. The van der Waals surface area contributed by atoms with Crippen LogP contribution in [0.1, 0.15) is 64.0 Å². The number of aliphatic hydroxyl groups excluding tert-OH is 1. The van der Waals surface area contributed by atoms with Gasteiger partial charge in [0.05, 0.1) is 28.1 Å². The van der Waals surface area contributed by atoms with Gasteiger partial charge in [0.25, 0.3) is 0 Å². The third-order valence-corrected chi connectivity index (χ3v) is 14.3. The number of amides is 1. The van der Waals surface area contributed by atoms with E-state index in [2.05, 4.69) is 20.5 Å². The number of pyridine rings is 1. The predicted octanol–water partition coefficient (Wildman–Crippen LogP) is 6.28. The lowest BCUT2D eigenvalue weighted by Crippen LogP contribution is -2.52. The fraction of sp³-hybridized carbons (Fsp3) is 0.314. The molecule has 0 spiro atoms. The number of aromatic hydroxyl groups is 1. The number of aliphatic hydroxyl groups is 1. The Hall–Kier alpha value is -6.56. The number of hydrogen-bond acceptors (Lipinski definition) is 12. The van der Waals surface area contributed by atoms with Gasteiger partial charge in [-0.3, -0.25) is 9.69 Å². The Morgan fingerprint density at radius 2 is 1.58 bits per heavy atom. The number of carbonyl (C=O) groups excluding carboxylic acids is 2. The minimum Gasteiger partial charge on any atom is -0.506 e. The molecule has 5 N–H and O–H groups in total. The van der Waals surface area contributed by atoms with Crippen LogP contribution in [0.4, 0.5) is 4.79 Å². The Morgan fingerprint density at radius 3 is 2.31 bits per heavy atom. The van der Waals surface area contributed by atoms with Crippen molar-refractivity contribution < 1.29 is 42.4 Å². The van der Waals surface area contributed by atoms with E-state index in [4.69, 9.17) is 14.2 Å². The molecule has 16 heteroatoms. The second-order valence-electron chi connectivity index (χ2n) is 16.8. The zero-order chi connectivity index (χ0) is 46.8. The predicted molar refractivity (Wildman–Crippen MR) is 252 cm³/mol. The average Bonchev–Trinajstić information content (AvgIpc) is 3.35. The Labute approximate surface area is 389 Å². The standard InChI is InChI=1S/C51H55N5O10S/c57-44-21-19-42(43-20-22-47(59)53-49(43)44)45(58)32-52-25-8-26-56(67(62,63)41-13-5-2-6-14-41)29-30-64-50(60)38-17-15-35(16-18-38)34-65-40-12-7-11-39(31-40)48(37-9-3-1-4-10-37)54-51(61)66-46-33-55-27-23-36(46)24-28-55/h1-7,9-22,31,36,45-46,48,52,57-58H,8,23-30,32-34H2,(H,53,59)(H,54,61)/t45?,46-,48?/m0/s1. The van der Waals surface area contributed by atoms with E-state index in [1.165, 1.54) is 28.6 Å². The van der Waals surface area contributed by atoms with Crippen molar-refractivity contribution in [1.29, 1.82) is 0 Å². The summed E-state index contributed by atoms with van der Waals surface area (Å²) in [6.45, 7) is 3.41. The van der Waals surface area contributed by atoms with Crippen molar-refractivity contribution in [2.75, 3.05) is 52.4 Å². The molecule has 2 unspecified atom stereocenters. The number of ether oxygens (including phenoxy) is 3. The number of phenolic OH excluding ortho intramolecular Hbond substituents is 1. The minimum atomic E-state index is -3.94. The summed E-state index contributed by atoms with van der Waals surface area (Å²) in [4.78, 5) is 43.3. The van der Waals surface area contributed by atoms with Crippen LogP contribution in [-0.4, -0.2) is 103 Å². The van der Waals surface area contributed by atoms with Gasteiger partial charge in [-0.05, 0) is 116 Å². The third kappa shape index (κ3) is 11.9. The van der Waals surface area contributed by atoms with Crippen LogP contribution in [0.5, 0.6) is 11.5 Å². The molecular formula is C51H55N5O10S. The largest absolute Gasteiger partial charge is 0.506 e. The number of phenols is 1. The summed E-state index contributed by atoms with van der Waals surface area (Å²) < 4.78 is 46.4. The molecule has 9 rings (SSSR count). The summed E-state index contributed by atoms with van der Waals surface area (Å²) in [6, 6.07) is 37.5. The number of esters is 1. The van der Waals surface area contributed by atoms with Gasteiger partial charge in [0.2, 0.25) is 15.6 Å². The molecule has 6 aromatic rings. The molecule has 3 saturated heterocycles. The maximum Gasteiger partial charge on any atom is 0.408 e. The molecule has 3 atom stereocenters. The molecule has 4 heterocycles. The highest BCUT2D eigenvalue weighted by atomic mass is 32.2. The summed E-state index contributed by atoms with van der Waals surface area (Å²) in [5, 5.41) is 27.9. The first-order chi connectivity index (χ1) is 32.5. The normalized spacial score (nSPS) is 17.7. The number of aromatic amines is 1. The highest BCUT2D eigenvalue weighted by molar-refractivity contribution is 7.89. The van der Waals surface area contributed by atoms with Crippen molar-refractivity contribution in [3.05, 3.63) is 172 Å². The number of benzene rings is 5. The third-order valence-electron chi connectivity index (χ3n) is 12.4. The molecule has 5 aromatic carbocycles. The molecule has 0 aliphatic carbocycles. The van der Waals surface area contributed by atoms with Gasteiger partial charge in [-0.15, -0.1) is 0 Å². The number of hydrogen-bond donors (Lipinski definition) is 5. The molecule has 1 aromatic heterocycles.